The van der Waals surface area contributed by atoms with E-state index in [-0.39, 0.29) is 5.75 Å². The molecule has 2 aromatic carbocycles. The molecule has 25 heavy (non-hydrogen) atoms. The zero-order chi connectivity index (χ0) is 18.0. The first-order chi connectivity index (χ1) is 12.0. The Morgan fingerprint density at radius 2 is 1.92 bits per heavy atom. The number of phenolic OH excluding ortho intramolecular Hbond substituents is 1. The highest BCUT2D eigenvalue weighted by Crippen LogP contribution is 2.28. The van der Waals surface area contributed by atoms with Crippen LogP contribution in [0.25, 0.3) is 17.1 Å². The van der Waals surface area contributed by atoms with E-state index in [1.54, 1.807) is 12.1 Å². The lowest BCUT2D eigenvalue weighted by Crippen LogP contribution is -2.02. The van der Waals surface area contributed by atoms with Crippen LogP contribution in [-0.2, 0) is 6.42 Å². The molecule has 0 spiro atoms. The van der Waals surface area contributed by atoms with Gasteiger partial charge in [-0.2, -0.15) is 5.10 Å². The molecule has 0 aliphatic carbocycles. The van der Waals surface area contributed by atoms with Gasteiger partial charge in [0.2, 0.25) is 0 Å². The van der Waals surface area contributed by atoms with Crippen LogP contribution in [0.5, 0.6) is 5.75 Å². The summed E-state index contributed by atoms with van der Waals surface area (Å²) in [6.45, 7) is 6.27. The number of unbranched alkanes of at least 4 members (excludes halogenated alkanes) is 1. The third-order valence-electron chi connectivity index (χ3n) is 4.44. The molecule has 0 radical (unpaired) electrons. The molecule has 0 saturated carbocycles. The number of hydrogen-bond donors (Lipinski definition) is 2. The molecular weight excluding hydrogens is 330 g/mol. The zero-order valence-corrected chi connectivity index (χ0v) is 15.7. The molecule has 2 N–H and O–H groups in total. The van der Waals surface area contributed by atoms with E-state index < -0.39 is 0 Å². The van der Waals surface area contributed by atoms with Gasteiger partial charge < -0.3 is 5.11 Å². The summed E-state index contributed by atoms with van der Waals surface area (Å²) in [7, 11) is 0. The van der Waals surface area contributed by atoms with Crippen molar-refractivity contribution in [2.75, 3.05) is 0 Å². The van der Waals surface area contributed by atoms with Crippen molar-refractivity contribution in [3.05, 3.63) is 57.9 Å². The van der Waals surface area contributed by atoms with Crippen LogP contribution in [0.15, 0.2) is 36.4 Å². The highest BCUT2D eigenvalue weighted by atomic mass is 32.1. The van der Waals surface area contributed by atoms with Crippen molar-refractivity contribution in [2.24, 2.45) is 0 Å². The molecule has 1 aromatic heterocycles. The summed E-state index contributed by atoms with van der Waals surface area (Å²) in [5.41, 5.74) is 5.44. The maximum atomic E-state index is 9.67. The Bertz CT molecular complexity index is 956. The predicted octanol–water partition coefficient (Wildman–Crippen LogP) is 5.26. The minimum absolute atomic E-state index is 0.249. The van der Waals surface area contributed by atoms with Crippen LogP contribution in [0, 0.1) is 18.6 Å². The van der Waals surface area contributed by atoms with E-state index in [0.717, 1.165) is 29.1 Å². The van der Waals surface area contributed by atoms with Crippen molar-refractivity contribution in [1.82, 2.24) is 14.8 Å². The lowest BCUT2D eigenvalue weighted by atomic mass is 10.0. The van der Waals surface area contributed by atoms with Gasteiger partial charge in [0.15, 0.2) is 10.6 Å². The molecular formula is C20H23N3OS. The minimum atomic E-state index is 0.249. The molecule has 0 amide bonds. The normalized spacial score (nSPS) is 11.0. The number of rotatable bonds is 5. The fraction of sp³-hybridized carbons (Fsp3) is 0.300. The number of nitrogens with zero attached hydrogens (tertiary/aromatic N) is 2. The topological polar surface area (TPSA) is 53.8 Å². The fourth-order valence-corrected chi connectivity index (χ4v) is 3.34. The Kier molecular flexibility index (Phi) is 5.04. The second kappa shape index (κ2) is 7.23. The molecule has 0 fully saturated rings. The maximum absolute atomic E-state index is 9.67. The van der Waals surface area contributed by atoms with Crippen molar-refractivity contribution < 1.29 is 5.11 Å². The summed E-state index contributed by atoms with van der Waals surface area (Å²) >= 11 is 5.48. The van der Waals surface area contributed by atoms with Crippen LogP contribution in [0.1, 0.15) is 36.5 Å². The van der Waals surface area contributed by atoms with Gasteiger partial charge in [0.05, 0.1) is 5.69 Å². The number of hydrogen-bond acceptors (Lipinski definition) is 3. The second-order valence-corrected chi connectivity index (χ2v) is 6.80. The van der Waals surface area contributed by atoms with E-state index >= 15 is 0 Å². The summed E-state index contributed by atoms with van der Waals surface area (Å²) in [4.78, 5) is 0. The Hall–Kier alpha value is -2.40. The molecule has 130 valence electrons. The van der Waals surface area contributed by atoms with Crippen LogP contribution in [0.2, 0.25) is 0 Å². The van der Waals surface area contributed by atoms with E-state index in [4.69, 9.17) is 12.2 Å². The van der Waals surface area contributed by atoms with Crippen molar-refractivity contribution in [2.45, 2.75) is 40.0 Å². The largest absolute Gasteiger partial charge is 0.508 e. The number of aromatic hydroxyl groups is 1. The van der Waals surface area contributed by atoms with E-state index in [9.17, 15) is 5.11 Å². The Morgan fingerprint density at radius 3 is 2.60 bits per heavy atom. The summed E-state index contributed by atoms with van der Waals surface area (Å²) in [6, 6.07) is 11.8. The number of H-pyrrole nitrogens is 1. The summed E-state index contributed by atoms with van der Waals surface area (Å²) in [5.74, 6) is 1.00. The van der Waals surface area contributed by atoms with E-state index in [2.05, 4.69) is 42.2 Å². The van der Waals surface area contributed by atoms with E-state index in [1.807, 2.05) is 17.6 Å². The smallest absolute Gasteiger partial charge is 0.200 e. The number of benzene rings is 2. The monoisotopic (exact) mass is 353 g/mol. The molecule has 0 aliphatic rings. The van der Waals surface area contributed by atoms with Crippen LogP contribution >= 0.6 is 12.2 Å². The van der Waals surface area contributed by atoms with Gasteiger partial charge in [-0.15, -0.1) is 0 Å². The molecule has 4 nitrogen and oxygen atoms in total. The Labute approximate surface area is 153 Å². The molecule has 0 saturated heterocycles. The minimum Gasteiger partial charge on any atom is -0.508 e. The third kappa shape index (κ3) is 3.51. The van der Waals surface area contributed by atoms with Gasteiger partial charge in [-0.25, -0.2) is 0 Å². The van der Waals surface area contributed by atoms with Crippen LogP contribution in [0.4, 0.5) is 0 Å². The average Bonchev–Trinajstić information content (AvgIpc) is 2.94. The summed E-state index contributed by atoms with van der Waals surface area (Å²) in [6.07, 6.45) is 3.48. The van der Waals surface area contributed by atoms with Crippen LogP contribution < -0.4 is 0 Å². The number of aromatic amines is 1. The maximum Gasteiger partial charge on any atom is 0.200 e. The van der Waals surface area contributed by atoms with Gasteiger partial charge in [-0.05, 0) is 79.9 Å². The van der Waals surface area contributed by atoms with Gasteiger partial charge in [0.25, 0.3) is 0 Å². The molecule has 0 unspecified atom stereocenters. The standard InChI is InChI=1S/C20H23N3OS/c1-4-5-6-15-7-10-18(14(3)11-15)23-19(21-22-20(23)25)17-9-8-16(24)12-13(17)2/h7-12,24H,4-6H2,1-3H3,(H,22,25). The predicted molar refractivity (Wildman–Crippen MR) is 104 cm³/mol. The number of aryl methyl sites for hydroxylation is 3. The first kappa shape index (κ1) is 17.4. The molecule has 0 atom stereocenters. The highest BCUT2D eigenvalue weighted by molar-refractivity contribution is 7.71. The first-order valence-electron chi connectivity index (χ1n) is 8.58. The van der Waals surface area contributed by atoms with Crippen LogP contribution in [-0.4, -0.2) is 19.9 Å². The van der Waals surface area contributed by atoms with Gasteiger partial charge in [-0.1, -0.05) is 25.5 Å². The number of phenols is 1. The molecule has 0 bridgehead atoms. The van der Waals surface area contributed by atoms with E-state index in [0.29, 0.717) is 4.77 Å². The number of nitrogens with one attached hydrogen (secondary N) is 1. The zero-order valence-electron chi connectivity index (χ0n) is 14.8. The van der Waals surface area contributed by atoms with Crippen molar-refractivity contribution in [3.8, 4) is 22.8 Å². The van der Waals surface area contributed by atoms with Gasteiger partial charge in [-0.3, -0.25) is 9.67 Å². The van der Waals surface area contributed by atoms with E-state index in [1.165, 1.54) is 24.0 Å². The molecule has 3 aromatic rings. The van der Waals surface area contributed by atoms with Crippen molar-refractivity contribution in [3.63, 3.8) is 0 Å². The number of aromatic nitrogens is 3. The second-order valence-electron chi connectivity index (χ2n) is 6.41. The molecule has 1 heterocycles. The first-order valence-corrected chi connectivity index (χ1v) is 8.99. The lowest BCUT2D eigenvalue weighted by molar-refractivity contribution is 0.475. The van der Waals surface area contributed by atoms with Gasteiger partial charge in [0.1, 0.15) is 5.75 Å². The summed E-state index contributed by atoms with van der Waals surface area (Å²) in [5, 5.41) is 17.0. The van der Waals surface area contributed by atoms with Gasteiger partial charge in [0, 0.05) is 5.56 Å². The fourth-order valence-electron chi connectivity index (χ4n) is 3.10. The third-order valence-corrected chi connectivity index (χ3v) is 4.72. The Balaban J connectivity index is 2.10. The SMILES string of the molecule is CCCCc1ccc(-n2c(-c3ccc(O)cc3C)n[nH]c2=S)c(C)c1. The lowest BCUT2D eigenvalue weighted by Gasteiger charge is -2.13. The molecule has 5 heteroatoms. The Morgan fingerprint density at radius 1 is 1.12 bits per heavy atom. The summed E-state index contributed by atoms with van der Waals surface area (Å²) < 4.78 is 2.53. The van der Waals surface area contributed by atoms with Crippen molar-refractivity contribution >= 4 is 12.2 Å². The van der Waals surface area contributed by atoms with Gasteiger partial charge >= 0.3 is 0 Å². The highest BCUT2D eigenvalue weighted by Gasteiger charge is 2.15. The molecule has 3 rings (SSSR count). The quantitative estimate of drug-likeness (QED) is 0.615. The van der Waals surface area contributed by atoms with Crippen LogP contribution in [0.3, 0.4) is 0 Å². The molecule has 0 aliphatic heterocycles. The average molecular weight is 353 g/mol. The van der Waals surface area contributed by atoms with Crippen molar-refractivity contribution in [1.29, 1.82) is 0 Å².